The van der Waals surface area contributed by atoms with Crippen molar-refractivity contribution >= 4 is 11.7 Å². The van der Waals surface area contributed by atoms with E-state index in [9.17, 15) is 14.7 Å². The third-order valence-electron chi connectivity index (χ3n) is 5.77. The minimum absolute atomic E-state index is 0.0705. The summed E-state index contributed by atoms with van der Waals surface area (Å²) in [6, 6.07) is 5.66. The van der Waals surface area contributed by atoms with Crippen LogP contribution in [0.5, 0.6) is 0 Å². The van der Waals surface area contributed by atoms with Crippen molar-refractivity contribution in [3.05, 3.63) is 70.2 Å². The van der Waals surface area contributed by atoms with E-state index in [2.05, 4.69) is 15.1 Å². The topological polar surface area (TPSA) is 118 Å². The monoisotopic (exact) mass is 470 g/mol. The molecule has 176 valence electrons. The fraction of sp³-hybridized carbons (Fsp3) is 0.273. The zero-order valence-electron chi connectivity index (χ0n) is 18.0. The second-order valence-electron chi connectivity index (χ2n) is 8.06. The van der Waals surface area contributed by atoms with Crippen LogP contribution in [0.3, 0.4) is 0 Å². The Morgan fingerprint density at radius 1 is 1.29 bits per heavy atom. The zero-order valence-corrected chi connectivity index (χ0v) is 18.0. The number of ether oxygens (including phenoxy) is 1. The summed E-state index contributed by atoms with van der Waals surface area (Å²) < 4.78 is 38.9. The molecule has 1 saturated heterocycles. The molecule has 3 aromatic heterocycles. The number of aromatic amines is 1. The summed E-state index contributed by atoms with van der Waals surface area (Å²) in [4.78, 5) is 31.3. The largest absolute Gasteiger partial charge is 0.465 e. The highest BCUT2D eigenvalue weighted by atomic mass is 19.1. The van der Waals surface area contributed by atoms with E-state index in [0.29, 0.717) is 11.3 Å². The molecule has 0 bridgehead atoms. The number of hydrogen-bond donors (Lipinski definition) is 2. The molecular formula is C22H20F2N6O4. The molecule has 1 aliphatic heterocycles. The summed E-state index contributed by atoms with van der Waals surface area (Å²) in [6.45, 7) is 2.47. The second-order valence-corrected chi connectivity index (χ2v) is 8.06. The minimum atomic E-state index is -1.05. The van der Waals surface area contributed by atoms with Crippen LogP contribution in [0.1, 0.15) is 11.3 Å². The molecule has 1 aliphatic rings. The first-order chi connectivity index (χ1) is 16.3. The number of morpholine rings is 1. The lowest BCUT2D eigenvalue weighted by Crippen LogP contribution is -2.45. The average Bonchev–Trinajstić information content (AvgIpc) is 3.37. The van der Waals surface area contributed by atoms with Gasteiger partial charge in [0.05, 0.1) is 41.9 Å². The Labute approximate surface area is 191 Å². The number of fused-ring (bicyclic) bond motifs is 1. The molecule has 1 aromatic carbocycles. The highest BCUT2D eigenvalue weighted by molar-refractivity contribution is 5.69. The van der Waals surface area contributed by atoms with E-state index in [-0.39, 0.29) is 43.1 Å². The molecule has 0 saturated carbocycles. The number of imidazole rings is 1. The summed E-state index contributed by atoms with van der Waals surface area (Å²) in [5, 5.41) is 13.1. The molecule has 0 aliphatic carbocycles. The maximum atomic E-state index is 15.3. The number of rotatable bonds is 4. The van der Waals surface area contributed by atoms with Gasteiger partial charge in [-0.3, -0.25) is 4.98 Å². The molecule has 2 N–H and O–H groups in total. The number of hydrogen-bond acceptors (Lipinski definition) is 5. The quantitative estimate of drug-likeness (QED) is 0.473. The Morgan fingerprint density at radius 3 is 2.74 bits per heavy atom. The molecule has 1 amide bonds. The van der Waals surface area contributed by atoms with Crippen molar-refractivity contribution in [1.82, 2.24) is 29.0 Å². The van der Waals surface area contributed by atoms with Gasteiger partial charge < -0.3 is 19.1 Å². The lowest BCUT2D eigenvalue weighted by atomic mass is 10.0. The summed E-state index contributed by atoms with van der Waals surface area (Å²) >= 11 is 0. The molecular weight excluding hydrogens is 450 g/mol. The molecule has 5 rings (SSSR count). The number of aromatic nitrogens is 5. The van der Waals surface area contributed by atoms with Crippen LogP contribution in [0.15, 0.2) is 41.6 Å². The fourth-order valence-electron chi connectivity index (χ4n) is 4.17. The number of nitrogens with zero attached hydrogens (tertiary/aromatic N) is 5. The van der Waals surface area contributed by atoms with Gasteiger partial charge in [0, 0.05) is 31.3 Å². The predicted molar refractivity (Wildman–Crippen MR) is 116 cm³/mol. The van der Waals surface area contributed by atoms with Gasteiger partial charge in [0.2, 0.25) is 0 Å². The number of carboxylic acid groups (broad SMARTS) is 1. The fourth-order valence-corrected chi connectivity index (χ4v) is 4.17. The first-order valence-corrected chi connectivity index (χ1v) is 10.5. The Morgan fingerprint density at radius 2 is 2.06 bits per heavy atom. The maximum absolute atomic E-state index is 15.3. The van der Waals surface area contributed by atoms with Gasteiger partial charge in [-0.15, -0.1) is 0 Å². The van der Waals surface area contributed by atoms with Gasteiger partial charge in [0.1, 0.15) is 23.6 Å². The van der Waals surface area contributed by atoms with Gasteiger partial charge in [-0.25, -0.2) is 23.4 Å². The summed E-state index contributed by atoms with van der Waals surface area (Å²) in [5.41, 5.74) is 0.909. The lowest BCUT2D eigenvalue weighted by molar-refractivity contribution is -0.0214. The molecule has 0 radical (unpaired) electrons. The smallest absolute Gasteiger partial charge is 0.407 e. The third kappa shape index (κ3) is 3.81. The number of aryl methyl sites for hydroxylation is 1. The van der Waals surface area contributed by atoms with Gasteiger partial charge in [-0.05, 0) is 24.6 Å². The van der Waals surface area contributed by atoms with Crippen molar-refractivity contribution in [2.24, 2.45) is 0 Å². The van der Waals surface area contributed by atoms with E-state index < -0.39 is 29.5 Å². The Hall–Kier alpha value is -4.06. The third-order valence-corrected chi connectivity index (χ3v) is 5.77. The van der Waals surface area contributed by atoms with Gasteiger partial charge in [-0.2, -0.15) is 9.78 Å². The summed E-state index contributed by atoms with van der Waals surface area (Å²) in [6.07, 6.45) is 1.49. The van der Waals surface area contributed by atoms with Crippen LogP contribution in [-0.4, -0.2) is 66.0 Å². The Kier molecular flexibility index (Phi) is 5.36. The van der Waals surface area contributed by atoms with Crippen LogP contribution >= 0.6 is 0 Å². The molecule has 34 heavy (non-hydrogen) atoms. The van der Waals surface area contributed by atoms with Crippen LogP contribution in [0.4, 0.5) is 13.6 Å². The number of benzene rings is 1. The first-order valence-electron chi connectivity index (χ1n) is 10.5. The molecule has 1 fully saturated rings. The molecule has 0 spiro atoms. The molecule has 1 atom stereocenters. The maximum Gasteiger partial charge on any atom is 0.407 e. The van der Waals surface area contributed by atoms with E-state index >= 15 is 8.78 Å². The van der Waals surface area contributed by atoms with Crippen LogP contribution in [0, 0.1) is 18.6 Å². The lowest BCUT2D eigenvalue weighted by Gasteiger charge is -2.31. The molecule has 4 aromatic rings. The van der Waals surface area contributed by atoms with E-state index in [0.717, 1.165) is 28.7 Å². The van der Waals surface area contributed by atoms with Crippen molar-refractivity contribution < 1.29 is 23.4 Å². The number of nitrogens with one attached hydrogen (secondary N) is 1. The van der Waals surface area contributed by atoms with Gasteiger partial charge >= 0.3 is 11.8 Å². The second kappa shape index (κ2) is 8.37. The van der Waals surface area contributed by atoms with Gasteiger partial charge in [-0.1, -0.05) is 0 Å². The Bertz CT molecular complexity index is 1440. The highest BCUT2D eigenvalue weighted by Crippen LogP contribution is 2.32. The number of amides is 1. The number of pyridine rings is 1. The highest BCUT2D eigenvalue weighted by Gasteiger charge is 2.28. The summed E-state index contributed by atoms with van der Waals surface area (Å²) in [5.74, 6) is -1.83. The van der Waals surface area contributed by atoms with E-state index in [1.807, 2.05) is 13.0 Å². The van der Waals surface area contributed by atoms with E-state index in [1.165, 1.54) is 4.90 Å². The predicted octanol–water partition coefficient (Wildman–Crippen LogP) is 2.38. The average molecular weight is 470 g/mol. The van der Waals surface area contributed by atoms with Crippen LogP contribution in [-0.2, 0) is 11.2 Å². The van der Waals surface area contributed by atoms with E-state index in [1.54, 1.807) is 16.7 Å². The molecule has 10 nitrogen and oxygen atoms in total. The van der Waals surface area contributed by atoms with Crippen LogP contribution in [0.25, 0.3) is 22.6 Å². The van der Waals surface area contributed by atoms with Crippen molar-refractivity contribution in [3.63, 3.8) is 0 Å². The minimum Gasteiger partial charge on any atom is -0.465 e. The van der Waals surface area contributed by atoms with Crippen molar-refractivity contribution in [1.29, 1.82) is 0 Å². The number of carbonyl (C=O) groups is 1. The molecule has 0 unspecified atom stereocenters. The standard InChI is InChI=1S/C22H20F2N6O4/c1-12-2-3-29-17(9-14-10-28(22(32)33)4-5-34-14)20(27-18(29)6-12)19-15(23)7-13(8-16(19)24)30-21(31)25-11-26-30/h2-3,6-8,11,14H,4-5,9-10H2,1H3,(H,32,33)(H,25,26,31)/t14-/m0/s1. The number of halogens is 2. The normalized spacial score (nSPS) is 16.3. The van der Waals surface area contributed by atoms with Crippen molar-refractivity contribution in [2.45, 2.75) is 19.4 Å². The van der Waals surface area contributed by atoms with E-state index in [4.69, 9.17) is 4.74 Å². The van der Waals surface area contributed by atoms with Crippen molar-refractivity contribution in [2.75, 3.05) is 19.7 Å². The molecule has 4 heterocycles. The van der Waals surface area contributed by atoms with Crippen molar-refractivity contribution in [3.8, 4) is 16.9 Å². The Balaban J connectivity index is 1.62. The SMILES string of the molecule is Cc1ccn2c(C[C@H]3CN(C(=O)O)CCO3)c(-c3c(F)cc(-n4nc[nH]c4=O)cc3F)nc2c1. The van der Waals surface area contributed by atoms with Gasteiger partial charge in [0.15, 0.2) is 0 Å². The zero-order chi connectivity index (χ0) is 24.0. The van der Waals surface area contributed by atoms with Crippen LogP contribution < -0.4 is 5.69 Å². The number of H-pyrrole nitrogens is 1. The van der Waals surface area contributed by atoms with Crippen LogP contribution in [0.2, 0.25) is 0 Å². The molecule has 12 heteroatoms. The van der Waals surface area contributed by atoms with Gasteiger partial charge in [0.25, 0.3) is 0 Å². The summed E-state index contributed by atoms with van der Waals surface area (Å²) in [7, 11) is 0. The first kappa shape index (κ1) is 21.8.